The van der Waals surface area contributed by atoms with E-state index in [1.807, 2.05) is 12.1 Å². The molecule has 2 atom stereocenters. The molecule has 2 N–H and O–H groups in total. The second-order valence-corrected chi connectivity index (χ2v) is 10.4. The van der Waals surface area contributed by atoms with Crippen LogP contribution in [0.15, 0.2) is 89.3 Å². The van der Waals surface area contributed by atoms with Gasteiger partial charge in [-0.3, -0.25) is 14.4 Å². The second-order valence-electron chi connectivity index (χ2n) is 9.96. The van der Waals surface area contributed by atoms with Crippen LogP contribution in [0.25, 0.3) is 22.2 Å². The first-order chi connectivity index (χ1) is 21.1. The van der Waals surface area contributed by atoms with Crippen molar-refractivity contribution in [2.45, 2.75) is 31.8 Å². The van der Waals surface area contributed by atoms with Crippen molar-refractivity contribution in [2.24, 2.45) is 0 Å². The van der Waals surface area contributed by atoms with Gasteiger partial charge in [-0.1, -0.05) is 61.0 Å². The number of fused-ring (bicyclic) bond motifs is 1. The molecule has 0 aliphatic heterocycles. The van der Waals surface area contributed by atoms with Gasteiger partial charge in [0.1, 0.15) is 29.0 Å². The normalized spacial score (nSPS) is 12.5. The molecule has 0 saturated carbocycles. The van der Waals surface area contributed by atoms with E-state index >= 15 is 0 Å². The highest BCUT2D eigenvalue weighted by Gasteiger charge is 2.31. The number of nitrogens with zero attached hydrogens (tertiary/aromatic N) is 1. The van der Waals surface area contributed by atoms with Gasteiger partial charge in [-0.05, 0) is 42.3 Å². The summed E-state index contributed by atoms with van der Waals surface area (Å²) in [5.41, 5.74) is 1.85. The number of para-hydroxylation sites is 2. The first-order valence-electron chi connectivity index (χ1n) is 13.6. The van der Waals surface area contributed by atoms with Crippen LogP contribution in [-0.2, 0) is 11.2 Å². The van der Waals surface area contributed by atoms with Crippen LogP contribution in [0.1, 0.15) is 40.0 Å². The van der Waals surface area contributed by atoms with Crippen LogP contribution >= 0.6 is 11.6 Å². The zero-order chi connectivity index (χ0) is 31.4. The van der Waals surface area contributed by atoms with Crippen LogP contribution < -0.4 is 10.6 Å². The Bertz CT molecular complexity index is 1800. The van der Waals surface area contributed by atoms with Gasteiger partial charge in [-0.15, -0.1) is 0 Å². The van der Waals surface area contributed by atoms with Crippen molar-refractivity contribution in [3.8, 4) is 11.1 Å². The monoisotopic (exact) mass is 619 g/mol. The van der Waals surface area contributed by atoms with E-state index in [0.717, 1.165) is 11.1 Å². The summed E-state index contributed by atoms with van der Waals surface area (Å²) in [5.74, 6) is -6.07. The predicted molar refractivity (Wildman–Crippen MR) is 159 cm³/mol. The molecule has 0 spiro atoms. The molecule has 0 radical (unpaired) electrons. The molecule has 0 aliphatic rings. The minimum absolute atomic E-state index is 0.118. The summed E-state index contributed by atoms with van der Waals surface area (Å²) in [6.07, 6.45) is -0.548. The van der Waals surface area contributed by atoms with Gasteiger partial charge in [0.25, 0.3) is 11.8 Å². The number of carbonyl (C=O) groups is 3. The highest BCUT2D eigenvalue weighted by atomic mass is 35.5. The van der Waals surface area contributed by atoms with E-state index in [-0.39, 0.29) is 17.9 Å². The number of amides is 2. The summed E-state index contributed by atoms with van der Waals surface area (Å²) in [6.45, 7) is 1.64. The maximum Gasteiger partial charge on any atom is 0.266 e. The van der Waals surface area contributed by atoms with Crippen molar-refractivity contribution in [2.75, 3.05) is 0 Å². The van der Waals surface area contributed by atoms with E-state index in [9.17, 15) is 27.6 Å². The molecule has 4 aromatic carbocycles. The lowest BCUT2D eigenvalue weighted by atomic mass is 10.0. The zero-order valence-corrected chi connectivity index (χ0v) is 24.0. The predicted octanol–water partition coefficient (Wildman–Crippen LogP) is 6.68. The van der Waals surface area contributed by atoms with Crippen LogP contribution in [0.2, 0.25) is 5.02 Å². The first kappa shape index (κ1) is 30.5. The number of hydrogen-bond acceptors (Lipinski definition) is 5. The Morgan fingerprint density at radius 2 is 1.52 bits per heavy atom. The quantitative estimate of drug-likeness (QED) is 0.170. The third-order valence-electron chi connectivity index (χ3n) is 7.01. The van der Waals surface area contributed by atoms with E-state index in [0.29, 0.717) is 28.3 Å². The summed E-state index contributed by atoms with van der Waals surface area (Å²) < 4.78 is 48.3. The standard InChI is InChI=1S/C33H25ClF3N3O4/c1-2-26(30(41)33-40-27-9-5-6-10-29(27)44-33)38-32(43)28(17-22-24(36)15-20(35)16-25(22)37)39-31(42)19-13-11-18(12-14-19)21-7-3-4-8-23(21)34/h3-16,26,28H,2,17H2,1H3,(H,38,43)(H,39,42)/t26-,28-/m0/s1. The molecule has 0 bridgehead atoms. The third-order valence-corrected chi connectivity index (χ3v) is 7.34. The molecule has 224 valence electrons. The van der Waals surface area contributed by atoms with Gasteiger partial charge in [0, 0.05) is 40.3 Å². The topological polar surface area (TPSA) is 101 Å². The number of rotatable bonds is 10. The maximum atomic E-state index is 14.6. The fraction of sp³-hybridized carbons (Fsp3) is 0.152. The number of nitrogens with one attached hydrogen (secondary N) is 2. The average molecular weight is 620 g/mol. The van der Waals surface area contributed by atoms with Gasteiger partial charge >= 0.3 is 0 Å². The fourth-order valence-electron chi connectivity index (χ4n) is 4.67. The Labute approximate surface area is 255 Å². The van der Waals surface area contributed by atoms with E-state index in [4.69, 9.17) is 16.0 Å². The maximum absolute atomic E-state index is 14.6. The first-order valence-corrected chi connectivity index (χ1v) is 14.0. The van der Waals surface area contributed by atoms with Gasteiger partial charge in [0.2, 0.25) is 11.7 Å². The molecule has 5 rings (SSSR count). The number of hydrogen-bond donors (Lipinski definition) is 2. The van der Waals surface area contributed by atoms with Gasteiger partial charge in [0.05, 0.1) is 6.04 Å². The SMILES string of the molecule is CC[C@H](NC(=O)[C@H](Cc1c(F)cc(F)cc1F)NC(=O)c1ccc(-c2ccccc2Cl)cc1)C(=O)c1nc2ccccc2o1. The van der Waals surface area contributed by atoms with Crippen LogP contribution in [0.5, 0.6) is 0 Å². The van der Waals surface area contributed by atoms with Crippen molar-refractivity contribution >= 4 is 40.3 Å². The number of Topliss-reactive ketones (excluding diaryl/α,β-unsaturated/α-hetero) is 1. The molecule has 11 heteroatoms. The third kappa shape index (κ3) is 6.65. The minimum Gasteiger partial charge on any atom is -0.434 e. The summed E-state index contributed by atoms with van der Waals surface area (Å²) in [6, 6.07) is 18.5. The highest BCUT2D eigenvalue weighted by Crippen LogP contribution is 2.27. The Morgan fingerprint density at radius 1 is 0.864 bits per heavy atom. The highest BCUT2D eigenvalue weighted by molar-refractivity contribution is 6.33. The van der Waals surface area contributed by atoms with Crippen molar-refractivity contribution in [1.29, 1.82) is 0 Å². The molecule has 1 aromatic heterocycles. The van der Waals surface area contributed by atoms with E-state index in [2.05, 4.69) is 15.6 Å². The summed E-state index contributed by atoms with van der Waals surface area (Å²) in [5, 5.41) is 5.55. The zero-order valence-electron chi connectivity index (χ0n) is 23.2. The number of oxazole rings is 1. The number of halogens is 4. The lowest BCUT2D eigenvalue weighted by Gasteiger charge is -2.22. The molecular formula is C33H25ClF3N3O4. The Kier molecular flexibility index (Phi) is 9.10. The molecule has 44 heavy (non-hydrogen) atoms. The van der Waals surface area contributed by atoms with Crippen LogP contribution in [0, 0.1) is 17.5 Å². The van der Waals surface area contributed by atoms with Gasteiger partial charge < -0.3 is 15.1 Å². The Hall–Kier alpha value is -4.96. The van der Waals surface area contributed by atoms with Crippen molar-refractivity contribution < 1.29 is 32.0 Å². The number of ketones is 1. The molecule has 5 aromatic rings. The molecule has 1 heterocycles. The van der Waals surface area contributed by atoms with Gasteiger partial charge in [-0.25, -0.2) is 18.2 Å². The second kappa shape index (κ2) is 13.1. The van der Waals surface area contributed by atoms with E-state index < -0.39 is 59.1 Å². The minimum atomic E-state index is -1.55. The summed E-state index contributed by atoms with van der Waals surface area (Å²) in [7, 11) is 0. The number of aromatic nitrogens is 1. The Morgan fingerprint density at radius 3 is 2.18 bits per heavy atom. The van der Waals surface area contributed by atoms with E-state index in [1.165, 1.54) is 12.1 Å². The average Bonchev–Trinajstić information content (AvgIpc) is 3.45. The summed E-state index contributed by atoms with van der Waals surface area (Å²) in [4.78, 5) is 44.1. The molecule has 0 fully saturated rings. The number of benzene rings is 4. The molecule has 0 aliphatic carbocycles. The number of carbonyl (C=O) groups excluding carboxylic acids is 3. The van der Waals surface area contributed by atoms with Crippen molar-refractivity contribution in [3.63, 3.8) is 0 Å². The smallest absolute Gasteiger partial charge is 0.266 e. The van der Waals surface area contributed by atoms with Crippen LogP contribution in [-0.4, -0.2) is 34.7 Å². The van der Waals surface area contributed by atoms with Gasteiger partial charge in [-0.2, -0.15) is 0 Å². The van der Waals surface area contributed by atoms with Crippen LogP contribution in [0.3, 0.4) is 0 Å². The lowest BCUT2D eigenvalue weighted by molar-refractivity contribution is -0.123. The molecule has 2 amide bonds. The van der Waals surface area contributed by atoms with Crippen LogP contribution in [0.4, 0.5) is 13.2 Å². The van der Waals surface area contributed by atoms with Crippen molar-refractivity contribution in [3.05, 3.63) is 124 Å². The summed E-state index contributed by atoms with van der Waals surface area (Å²) >= 11 is 6.27. The molecular weight excluding hydrogens is 595 g/mol. The molecule has 7 nitrogen and oxygen atoms in total. The molecule has 0 unspecified atom stereocenters. The van der Waals surface area contributed by atoms with Crippen molar-refractivity contribution in [1.82, 2.24) is 15.6 Å². The Balaban J connectivity index is 1.39. The van der Waals surface area contributed by atoms with Gasteiger partial charge in [0.15, 0.2) is 5.58 Å². The lowest BCUT2D eigenvalue weighted by Crippen LogP contribution is -2.52. The largest absolute Gasteiger partial charge is 0.434 e. The fourth-order valence-corrected chi connectivity index (χ4v) is 4.92. The van der Waals surface area contributed by atoms with E-state index in [1.54, 1.807) is 55.5 Å². The molecule has 0 saturated heterocycles.